The van der Waals surface area contributed by atoms with Gasteiger partial charge >= 0.3 is 0 Å². The summed E-state index contributed by atoms with van der Waals surface area (Å²) >= 11 is 8.76. The van der Waals surface area contributed by atoms with E-state index in [1.54, 1.807) is 10.9 Å². The Hall–Kier alpha value is -2.25. The van der Waals surface area contributed by atoms with Gasteiger partial charge in [0, 0.05) is 15.6 Å². The molecule has 5 nitrogen and oxygen atoms in total. The molecule has 0 aliphatic rings. The predicted octanol–water partition coefficient (Wildman–Crippen LogP) is 4.65. The summed E-state index contributed by atoms with van der Waals surface area (Å²) < 4.78 is 8.60. The Morgan fingerprint density at radius 2 is 2.12 bits per heavy atom. The number of benzene rings is 2. The van der Waals surface area contributed by atoms with E-state index in [0.29, 0.717) is 17.2 Å². The van der Waals surface area contributed by atoms with Gasteiger partial charge in [0.2, 0.25) is 4.77 Å². The van der Waals surface area contributed by atoms with Crippen LogP contribution < -0.4 is 4.74 Å². The van der Waals surface area contributed by atoms with Crippen molar-refractivity contribution < 1.29 is 4.74 Å². The summed E-state index contributed by atoms with van der Waals surface area (Å²) in [6, 6.07) is 15.5. The molecule has 3 rings (SSSR count). The molecule has 24 heavy (non-hydrogen) atoms. The Labute approximate surface area is 153 Å². The van der Waals surface area contributed by atoms with Crippen molar-refractivity contribution >= 4 is 34.4 Å². The second-order valence-corrected chi connectivity index (χ2v) is 6.19. The fourth-order valence-corrected chi connectivity index (χ4v) is 2.79. The zero-order chi connectivity index (χ0) is 16.9. The topological polar surface area (TPSA) is 55.2 Å². The number of nitrogens with zero attached hydrogens (tertiary/aromatic N) is 3. The summed E-state index contributed by atoms with van der Waals surface area (Å²) in [6.45, 7) is 2.55. The lowest BCUT2D eigenvalue weighted by Crippen LogP contribution is -1.98. The van der Waals surface area contributed by atoms with E-state index < -0.39 is 0 Å². The van der Waals surface area contributed by atoms with Crippen molar-refractivity contribution in [3.63, 3.8) is 0 Å². The van der Waals surface area contributed by atoms with Crippen molar-refractivity contribution in [1.82, 2.24) is 14.9 Å². The number of aromatic amines is 1. The Bertz CT molecular complexity index is 932. The molecule has 1 aromatic heterocycles. The molecular formula is C17H15BrN4OS. The molecule has 1 heterocycles. The van der Waals surface area contributed by atoms with Crippen LogP contribution in [0.5, 0.6) is 5.75 Å². The number of ether oxygens (including phenoxy) is 1. The van der Waals surface area contributed by atoms with E-state index in [9.17, 15) is 0 Å². The fourth-order valence-electron chi connectivity index (χ4n) is 2.21. The number of hydrogen-bond acceptors (Lipinski definition) is 4. The van der Waals surface area contributed by atoms with Crippen molar-refractivity contribution in [1.29, 1.82) is 0 Å². The van der Waals surface area contributed by atoms with E-state index in [1.165, 1.54) is 0 Å². The van der Waals surface area contributed by atoms with Crippen LogP contribution in [0.3, 0.4) is 0 Å². The molecule has 0 aliphatic heterocycles. The van der Waals surface area contributed by atoms with Crippen LogP contribution in [-0.2, 0) is 0 Å². The molecule has 0 aliphatic carbocycles. The molecule has 7 heteroatoms. The number of nitrogens with one attached hydrogen (secondary N) is 1. The first-order valence-corrected chi connectivity index (χ1v) is 8.58. The molecule has 3 aromatic rings. The number of aromatic nitrogens is 3. The molecule has 1 N–H and O–H groups in total. The third-order valence-electron chi connectivity index (χ3n) is 3.26. The van der Waals surface area contributed by atoms with Gasteiger partial charge < -0.3 is 4.74 Å². The second-order valence-electron chi connectivity index (χ2n) is 4.89. The van der Waals surface area contributed by atoms with Gasteiger partial charge in [-0.2, -0.15) is 14.9 Å². The zero-order valence-corrected chi connectivity index (χ0v) is 15.3. The van der Waals surface area contributed by atoms with Crippen molar-refractivity contribution in [2.24, 2.45) is 5.10 Å². The Morgan fingerprint density at radius 1 is 1.29 bits per heavy atom. The highest BCUT2D eigenvalue weighted by Gasteiger charge is 2.08. The maximum atomic E-state index is 5.61. The minimum Gasteiger partial charge on any atom is -0.493 e. The summed E-state index contributed by atoms with van der Waals surface area (Å²) in [5.41, 5.74) is 1.79. The Kier molecular flexibility index (Phi) is 5.22. The van der Waals surface area contributed by atoms with Crippen molar-refractivity contribution in [2.75, 3.05) is 6.61 Å². The van der Waals surface area contributed by atoms with Crippen LogP contribution in [0.4, 0.5) is 0 Å². The quantitative estimate of drug-likeness (QED) is 0.498. The third-order valence-corrected chi connectivity index (χ3v) is 4.02. The van der Waals surface area contributed by atoms with Gasteiger partial charge in [-0.05, 0) is 43.4 Å². The lowest BCUT2D eigenvalue weighted by Gasteiger charge is -2.06. The Balaban J connectivity index is 2.00. The van der Waals surface area contributed by atoms with Crippen molar-refractivity contribution in [2.45, 2.75) is 6.92 Å². The van der Waals surface area contributed by atoms with Crippen LogP contribution >= 0.6 is 28.1 Å². The van der Waals surface area contributed by atoms with Gasteiger partial charge in [-0.15, -0.1) is 0 Å². The van der Waals surface area contributed by atoms with Gasteiger partial charge in [-0.1, -0.05) is 40.2 Å². The van der Waals surface area contributed by atoms with Gasteiger partial charge in [0.05, 0.1) is 12.8 Å². The van der Waals surface area contributed by atoms with Crippen LogP contribution in [0.1, 0.15) is 12.5 Å². The van der Waals surface area contributed by atoms with Gasteiger partial charge in [0.1, 0.15) is 5.75 Å². The van der Waals surface area contributed by atoms with Crippen LogP contribution in [0.2, 0.25) is 0 Å². The summed E-state index contributed by atoms with van der Waals surface area (Å²) in [4.78, 5) is 0. The van der Waals surface area contributed by atoms with E-state index in [-0.39, 0.29) is 0 Å². The molecule has 2 aromatic carbocycles. The highest BCUT2D eigenvalue weighted by molar-refractivity contribution is 9.10. The normalized spacial score (nSPS) is 11.1. The smallest absolute Gasteiger partial charge is 0.216 e. The summed E-state index contributed by atoms with van der Waals surface area (Å²) in [5, 5.41) is 11.5. The Morgan fingerprint density at radius 3 is 2.92 bits per heavy atom. The minimum atomic E-state index is 0.426. The monoisotopic (exact) mass is 402 g/mol. The number of hydrogen-bond donors (Lipinski definition) is 1. The molecule has 0 spiro atoms. The highest BCUT2D eigenvalue weighted by atomic mass is 79.9. The van der Waals surface area contributed by atoms with E-state index in [1.807, 2.05) is 55.5 Å². The van der Waals surface area contributed by atoms with Crippen LogP contribution in [-0.4, -0.2) is 27.7 Å². The molecule has 0 bridgehead atoms. The van der Waals surface area contributed by atoms with Crippen LogP contribution in [0.15, 0.2) is 58.1 Å². The fraction of sp³-hybridized carbons (Fsp3) is 0.118. The molecule has 0 saturated carbocycles. The van der Waals surface area contributed by atoms with Crippen LogP contribution in [0, 0.1) is 4.77 Å². The molecule has 0 atom stereocenters. The van der Waals surface area contributed by atoms with Gasteiger partial charge in [0.15, 0.2) is 5.82 Å². The average Bonchev–Trinajstić information content (AvgIpc) is 2.95. The molecule has 0 unspecified atom stereocenters. The summed E-state index contributed by atoms with van der Waals surface area (Å²) in [7, 11) is 0. The van der Waals surface area contributed by atoms with Gasteiger partial charge in [0.25, 0.3) is 0 Å². The SMILES string of the molecule is CCOc1ccccc1/C=N\n1c(-c2cccc(Br)c2)n[nH]c1=S. The first kappa shape index (κ1) is 16.6. The van der Waals surface area contributed by atoms with Crippen molar-refractivity contribution in [3.8, 4) is 17.1 Å². The summed E-state index contributed by atoms with van der Waals surface area (Å²) in [5.74, 6) is 1.43. The maximum Gasteiger partial charge on any atom is 0.216 e. The first-order valence-electron chi connectivity index (χ1n) is 7.38. The minimum absolute atomic E-state index is 0.426. The zero-order valence-electron chi connectivity index (χ0n) is 12.9. The lowest BCUT2D eigenvalue weighted by molar-refractivity contribution is 0.340. The largest absolute Gasteiger partial charge is 0.493 e. The second kappa shape index (κ2) is 7.55. The van der Waals surface area contributed by atoms with Crippen LogP contribution in [0.25, 0.3) is 11.4 Å². The molecule has 0 saturated heterocycles. The average molecular weight is 403 g/mol. The molecule has 122 valence electrons. The van der Waals surface area contributed by atoms with E-state index in [4.69, 9.17) is 17.0 Å². The lowest BCUT2D eigenvalue weighted by atomic mass is 10.2. The van der Waals surface area contributed by atoms with E-state index in [0.717, 1.165) is 21.3 Å². The maximum absolute atomic E-state index is 5.61. The third kappa shape index (κ3) is 3.63. The van der Waals surface area contributed by atoms with Gasteiger partial charge in [-0.25, -0.2) is 5.10 Å². The number of halogens is 1. The van der Waals surface area contributed by atoms with E-state index >= 15 is 0 Å². The molecule has 0 radical (unpaired) electrons. The number of para-hydroxylation sites is 1. The molecular weight excluding hydrogens is 388 g/mol. The number of H-pyrrole nitrogens is 1. The number of rotatable bonds is 5. The molecule has 0 amide bonds. The van der Waals surface area contributed by atoms with E-state index in [2.05, 4.69) is 31.2 Å². The highest BCUT2D eigenvalue weighted by Crippen LogP contribution is 2.22. The standard InChI is InChI=1S/C17H15BrN4OS/c1-2-23-15-9-4-3-6-13(15)11-19-22-16(20-21-17(22)24)12-7-5-8-14(18)10-12/h3-11H,2H2,1H3,(H,21,24)/b19-11-. The first-order chi connectivity index (χ1) is 11.7. The van der Waals surface area contributed by atoms with Crippen molar-refractivity contribution in [3.05, 3.63) is 63.3 Å². The molecule has 0 fully saturated rings. The predicted molar refractivity (Wildman–Crippen MR) is 101 cm³/mol. The van der Waals surface area contributed by atoms with Gasteiger partial charge in [-0.3, -0.25) is 0 Å². The summed E-state index contributed by atoms with van der Waals surface area (Å²) in [6.07, 6.45) is 1.72.